The molecule has 0 rings (SSSR count). The largest absolute Gasteiger partial charge is 0.472 e. The number of rotatable bonds is 28. The van der Waals surface area contributed by atoms with Crippen molar-refractivity contribution >= 4 is 19.7 Å². The number of phosphoric acid groups is 1. The van der Waals surface area contributed by atoms with Crippen LogP contribution in [0.3, 0.4) is 0 Å². The Balaban J connectivity index is 3.61. The van der Waals surface area contributed by atoms with Crippen molar-refractivity contribution in [1.82, 2.24) is 5.32 Å². The summed E-state index contributed by atoms with van der Waals surface area (Å²) in [7, 11) is -4.38. The average molecular weight is 590 g/mol. The fourth-order valence-corrected chi connectivity index (χ4v) is 4.50. The van der Waals surface area contributed by atoms with Crippen molar-refractivity contribution in [3.63, 3.8) is 0 Å². The van der Waals surface area contributed by atoms with Gasteiger partial charge in [0.2, 0.25) is 5.91 Å². The number of ether oxygens (including phenoxy) is 1. The predicted molar refractivity (Wildman–Crippen MR) is 160 cm³/mol. The van der Waals surface area contributed by atoms with Crippen molar-refractivity contribution in [1.29, 1.82) is 0 Å². The zero-order valence-corrected chi connectivity index (χ0v) is 25.9. The van der Waals surface area contributed by atoms with E-state index in [9.17, 15) is 24.2 Å². The highest BCUT2D eigenvalue weighted by atomic mass is 31.2. The van der Waals surface area contributed by atoms with Gasteiger partial charge in [-0.05, 0) is 44.9 Å². The quantitative estimate of drug-likeness (QED) is 0.0388. The van der Waals surface area contributed by atoms with Crippen LogP contribution in [-0.4, -0.2) is 54.3 Å². The Morgan fingerprint density at radius 2 is 1.38 bits per heavy atom. The fraction of sp³-hybridized carbons (Fsp3) is 0.800. The van der Waals surface area contributed by atoms with Crippen molar-refractivity contribution in [2.75, 3.05) is 26.4 Å². The lowest BCUT2D eigenvalue weighted by molar-refractivity contribution is -0.147. The van der Waals surface area contributed by atoms with Gasteiger partial charge in [-0.1, -0.05) is 89.5 Å². The van der Waals surface area contributed by atoms with Gasteiger partial charge in [-0.15, -0.1) is 0 Å². The molecule has 9 nitrogen and oxygen atoms in total. The van der Waals surface area contributed by atoms with Gasteiger partial charge in [-0.25, -0.2) is 4.57 Å². The molecule has 0 aromatic heterocycles. The molecule has 0 aliphatic carbocycles. The van der Waals surface area contributed by atoms with Crippen molar-refractivity contribution in [3.8, 4) is 0 Å². The molecule has 0 bridgehead atoms. The second-order valence-corrected chi connectivity index (χ2v) is 11.5. The normalized spacial score (nSPS) is 14.0. The van der Waals surface area contributed by atoms with E-state index in [1.807, 2.05) is 6.92 Å². The van der Waals surface area contributed by atoms with E-state index in [1.165, 1.54) is 44.9 Å². The third kappa shape index (κ3) is 28.0. The predicted octanol–water partition coefficient (Wildman–Crippen LogP) is 6.92. The van der Waals surface area contributed by atoms with Crippen LogP contribution in [0.25, 0.3) is 0 Å². The maximum atomic E-state index is 11.9. The average Bonchev–Trinajstić information content (AvgIpc) is 2.93. The lowest BCUT2D eigenvalue weighted by Gasteiger charge is -2.15. The minimum atomic E-state index is -4.38. The third-order valence-corrected chi connectivity index (χ3v) is 7.12. The number of esters is 1. The van der Waals surface area contributed by atoms with Gasteiger partial charge < -0.3 is 20.1 Å². The summed E-state index contributed by atoms with van der Waals surface area (Å²) in [4.78, 5) is 33.0. The van der Waals surface area contributed by atoms with Gasteiger partial charge in [0.15, 0.2) is 0 Å². The Labute approximate surface area is 242 Å². The molecule has 234 valence electrons. The molecule has 0 aliphatic heterocycles. The Morgan fingerprint density at radius 3 is 2.02 bits per heavy atom. The van der Waals surface area contributed by atoms with Crippen LogP contribution in [0.5, 0.6) is 0 Å². The van der Waals surface area contributed by atoms with Gasteiger partial charge in [0, 0.05) is 19.4 Å². The Bertz CT molecular complexity index is 728. The smallest absolute Gasteiger partial charge is 0.463 e. The molecule has 0 fully saturated rings. The maximum Gasteiger partial charge on any atom is 0.472 e. The van der Waals surface area contributed by atoms with Gasteiger partial charge in [0.05, 0.1) is 13.2 Å². The standard InChI is InChI=1S/C30H56NO8P/c1-3-5-7-8-9-10-11-12-13-14-15-16-17-18-19-20-21-23-30(34)37-26-28(32)27-39-40(35,36)38-25-24-31-29(33)22-6-4-2/h9-10,12-13,28,32H,3-8,11,14-27H2,1-2H3,(H,31,33)(H,35,36)/b10-9-,13-12-. The summed E-state index contributed by atoms with van der Waals surface area (Å²) in [6, 6.07) is 0. The summed E-state index contributed by atoms with van der Waals surface area (Å²) in [5.74, 6) is -0.564. The number of aliphatic hydroxyl groups excluding tert-OH is 1. The zero-order valence-electron chi connectivity index (χ0n) is 25.0. The van der Waals surface area contributed by atoms with Crippen molar-refractivity contribution in [2.24, 2.45) is 0 Å². The first-order valence-corrected chi connectivity index (χ1v) is 16.8. The molecule has 0 saturated heterocycles. The summed E-state index contributed by atoms with van der Waals surface area (Å²) in [6.45, 7) is 3.23. The SMILES string of the molecule is CCCCC/C=C\C/C=C\CCCCCCCCCC(=O)OCC(O)COP(=O)(O)OCCNC(=O)CCCC. The number of aliphatic hydroxyl groups is 1. The topological polar surface area (TPSA) is 131 Å². The van der Waals surface area contributed by atoms with E-state index in [4.69, 9.17) is 13.8 Å². The van der Waals surface area contributed by atoms with Crippen LogP contribution in [0.1, 0.15) is 123 Å². The summed E-state index contributed by atoms with van der Waals surface area (Å²) in [5.41, 5.74) is 0. The molecule has 1 amide bonds. The number of hydrogen-bond acceptors (Lipinski definition) is 7. The van der Waals surface area contributed by atoms with E-state index in [0.717, 1.165) is 51.4 Å². The molecule has 0 spiro atoms. The first-order valence-electron chi connectivity index (χ1n) is 15.3. The van der Waals surface area contributed by atoms with Crippen LogP contribution in [0.15, 0.2) is 24.3 Å². The first kappa shape index (κ1) is 38.5. The monoisotopic (exact) mass is 589 g/mol. The lowest BCUT2D eigenvalue weighted by atomic mass is 10.1. The Morgan fingerprint density at radius 1 is 0.775 bits per heavy atom. The van der Waals surface area contributed by atoms with Gasteiger partial charge in [0.25, 0.3) is 0 Å². The highest BCUT2D eigenvalue weighted by molar-refractivity contribution is 7.47. The van der Waals surface area contributed by atoms with E-state index in [-0.39, 0.29) is 32.1 Å². The Hall–Kier alpha value is -1.51. The fourth-order valence-electron chi connectivity index (χ4n) is 3.74. The number of hydrogen-bond donors (Lipinski definition) is 3. The van der Waals surface area contributed by atoms with Crippen LogP contribution in [0.4, 0.5) is 0 Å². The van der Waals surface area contributed by atoms with Crippen LogP contribution >= 0.6 is 7.82 Å². The number of unbranched alkanes of at least 4 members (excludes halogenated alkanes) is 11. The van der Waals surface area contributed by atoms with Crippen LogP contribution < -0.4 is 5.32 Å². The van der Waals surface area contributed by atoms with Crippen LogP contribution in [-0.2, 0) is 27.9 Å². The lowest BCUT2D eigenvalue weighted by Crippen LogP contribution is -2.27. The Kier molecular flexibility index (Phi) is 26.6. The van der Waals surface area contributed by atoms with Crippen molar-refractivity contribution in [3.05, 3.63) is 24.3 Å². The van der Waals surface area contributed by atoms with Crippen molar-refractivity contribution in [2.45, 2.75) is 129 Å². The number of allylic oxidation sites excluding steroid dienone is 4. The summed E-state index contributed by atoms with van der Waals surface area (Å²) in [5, 5.41) is 12.4. The molecule has 0 aliphatic rings. The van der Waals surface area contributed by atoms with E-state index in [1.54, 1.807) is 0 Å². The summed E-state index contributed by atoms with van der Waals surface area (Å²) >= 11 is 0. The number of amides is 1. The van der Waals surface area contributed by atoms with Crippen LogP contribution in [0.2, 0.25) is 0 Å². The first-order chi connectivity index (χ1) is 19.3. The van der Waals surface area contributed by atoms with Gasteiger partial charge >= 0.3 is 13.8 Å². The number of carbonyl (C=O) groups is 2. The molecule has 0 aromatic carbocycles. The third-order valence-electron chi connectivity index (χ3n) is 6.13. The van der Waals surface area contributed by atoms with E-state index < -0.39 is 26.5 Å². The highest BCUT2D eigenvalue weighted by Gasteiger charge is 2.23. The van der Waals surface area contributed by atoms with Gasteiger partial charge in [-0.3, -0.25) is 18.6 Å². The maximum absolute atomic E-state index is 11.9. The van der Waals surface area contributed by atoms with Gasteiger partial charge in [-0.2, -0.15) is 0 Å². The van der Waals surface area contributed by atoms with Crippen LogP contribution in [0, 0.1) is 0 Å². The molecule has 10 heteroatoms. The van der Waals surface area contributed by atoms with E-state index >= 15 is 0 Å². The van der Waals surface area contributed by atoms with E-state index in [0.29, 0.717) is 6.42 Å². The molecule has 0 radical (unpaired) electrons. The minimum absolute atomic E-state index is 0.0752. The zero-order chi connectivity index (χ0) is 29.7. The van der Waals surface area contributed by atoms with E-state index in [2.05, 4.69) is 36.5 Å². The molecular weight excluding hydrogens is 533 g/mol. The molecule has 0 aromatic rings. The second kappa shape index (κ2) is 27.6. The molecule has 2 atom stereocenters. The molecule has 0 heterocycles. The molecule has 40 heavy (non-hydrogen) atoms. The minimum Gasteiger partial charge on any atom is -0.463 e. The number of carbonyl (C=O) groups excluding carboxylic acids is 2. The number of nitrogens with one attached hydrogen (secondary N) is 1. The van der Waals surface area contributed by atoms with Crippen molar-refractivity contribution < 1.29 is 37.9 Å². The molecular formula is C30H56NO8P. The number of phosphoric ester groups is 1. The molecule has 0 saturated carbocycles. The summed E-state index contributed by atoms with van der Waals surface area (Å²) < 4.78 is 26.3. The van der Waals surface area contributed by atoms with Gasteiger partial charge in [0.1, 0.15) is 12.7 Å². The molecule has 2 unspecified atom stereocenters. The summed E-state index contributed by atoms with van der Waals surface area (Å²) in [6.07, 6.45) is 25.0. The molecule has 3 N–H and O–H groups in total. The highest BCUT2D eigenvalue weighted by Crippen LogP contribution is 2.42. The second-order valence-electron chi connectivity index (χ2n) is 10.1.